The van der Waals surface area contributed by atoms with Crippen LogP contribution in [0, 0.1) is 5.41 Å². The molecule has 2 aromatic carbocycles. The maximum atomic E-state index is 10.6. The lowest BCUT2D eigenvalue weighted by molar-refractivity contribution is -0.0852. The molecule has 4 heteroatoms. The van der Waals surface area contributed by atoms with Gasteiger partial charge in [-0.25, -0.2) is 0 Å². The van der Waals surface area contributed by atoms with Gasteiger partial charge in [-0.3, -0.25) is 0 Å². The smallest absolute Gasteiger partial charge is 0.0918 e. The molecule has 0 aromatic heterocycles. The highest BCUT2D eigenvalue weighted by Crippen LogP contribution is 2.35. The Hall–Kier alpha value is -1.98. The van der Waals surface area contributed by atoms with Crippen LogP contribution >= 0.6 is 0 Å². The molecule has 0 saturated heterocycles. The molecule has 4 N–H and O–H groups in total. The predicted molar refractivity (Wildman–Crippen MR) is 90.5 cm³/mol. The normalized spacial score (nSPS) is 13.4. The van der Waals surface area contributed by atoms with Gasteiger partial charge >= 0.3 is 0 Å². The Balaban J connectivity index is 2.35. The first-order valence-electron chi connectivity index (χ1n) is 7.49. The van der Waals surface area contributed by atoms with Crippen molar-refractivity contribution in [1.82, 2.24) is 0 Å². The van der Waals surface area contributed by atoms with Crippen LogP contribution in [0.2, 0.25) is 0 Å². The van der Waals surface area contributed by atoms with Gasteiger partial charge in [-0.05, 0) is 16.7 Å². The first-order valence-corrected chi connectivity index (χ1v) is 7.49. The Morgan fingerprint density at radius 2 is 1.35 bits per heavy atom. The molecular weight excluding hydrogens is 292 g/mol. The molecule has 0 aliphatic carbocycles. The van der Waals surface area contributed by atoms with Gasteiger partial charge in [0.2, 0.25) is 0 Å². The minimum atomic E-state index is -1.38. The number of hydrogen-bond acceptors (Lipinski definition) is 4. The Labute approximate surface area is 136 Å². The average molecular weight is 314 g/mol. The molecule has 0 spiro atoms. The lowest BCUT2D eigenvalue weighted by atomic mass is 9.79. The summed E-state index contributed by atoms with van der Waals surface area (Å²) >= 11 is 0. The molecule has 2 aromatic rings. The van der Waals surface area contributed by atoms with Crippen molar-refractivity contribution in [2.75, 3.05) is 19.8 Å². The highest BCUT2D eigenvalue weighted by molar-refractivity contribution is 5.71. The van der Waals surface area contributed by atoms with Crippen molar-refractivity contribution < 1.29 is 20.4 Å². The Morgan fingerprint density at radius 1 is 0.783 bits per heavy atom. The molecule has 0 radical (unpaired) electrons. The van der Waals surface area contributed by atoms with E-state index in [0.29, 0.717) is 5.56 Å². The molecule has 1 atom stereocenters. The third-order valence-electron chi connectivity index (χ3n) is 4.07. The number of aliphatic hydroxyl groups excluding tert-OH is 4. The first kappa shape index (κ1) is 17.4. The van der Waals surface area contributed by atoms with Crippen LogP contribution in [0.5, 0.6) is 0 Å². The van der Waals surface area contributed by atoms with E-state index in [-0.39, 0.29) is 0 Å². The summed E-state index contributed by atoms with van der Waals surface area (Å²) < 4.78 is 0. The summed E-state index contributed by atoms with van der Waals surface area (Å²) in [5.74, 6) is 0. The Kier molecular flexibility index (Phi) is 6.07. The molecule has 122 valence electrons. The van der Waals surface area contributed by atoms with E-state index in [4.69, 9.17) is 0 Å². The molecule has 0 amide bonds. The van der Waals surface area contributed by atoms with Crippen LogP contribution in [0.25, 0.3) is 12.2 Å². The van der Waals surface area contributed by atoms with E-state index in [1.165, 1.54) is 0 Å². The van der Waals surface area contributed by atoms with Gasteiger partial charge in [0.1, 0.15) is 0 Å². The van der Waals surface area contributed by atoms with Gasteiger partial charge in [0.15, 0.2) is 0 Å². The van der Waals surface area contributed by atoms with Crippen molar-refractivity contribution in [3.8, 4) is 0 Å². The molecule has 23 heavy (non-hydrogen) atoms. The van der Waals surface area contributed by atoms with Gasteiger partial charge in [0.05, 0.1) is 31.3 Å². The number of hydrogen-bond donors (Lipinski definition) is 4. The van der Waals surface area contributed by atoms with Gasteiger partial charge in [-0.15, -0.1) is 0 Å². The minimum Gasteiger partial charge on any atom is -0.395 e. The lowest BCUT2D eigenvalue weighted by Crippen LogP contribution is -2.40. The topological polar surface area (TPSA) is 80.9 Å². The van der Waals surface area contributed by atoms with Gasteiger partial charge in [-0.2, -0.15) is 0 Å². The SMILES string of the molecule is OCC(CO)(CO)C(O)c1ccccc1C=Cc1ccccc1. The van der Waals surface area contributed by atoms with Crippen LogP contribution in [0.4, 0.5) is 0 Å². The van der Waals surface area contributed by atoms with Crippen LogP contribution in [0.1, 0.15) is 22.8 Å². The second kappa shape index (κ2) is 8.04. The third-order valence-corrected chi connectivity index (χ3v) is 4.07. The van der Waals surface area contributed by atoms with E-state index in [9.17, 15) is 20.4 Å². The van der Waals surface area contributed by atoms with Gasteiger partial charge in [0.25, 0.3) is 0 Å². The van der Waals surface area contributed by atoms with E-state index in [2.05, 4.69) is 0 Å². The fraction of sp³-hybridized carbons (Fsp3) is 0.263. The molecule has 0 fully saturated rings. The van der Waals surface area contributed by atoms with E-state index in [0.717, 1.165) is 11.1 Å². The lowest BCUT2D eigenvalue weighted by Gasteiger charge is -2.33. The van der Waals surface area contributed by atoms with Crippen molar-refractivity contribution >= 4 is 12.2 Å². The summed E-state index contributed by atoms with van der Waals surface area (Å²) in [4.78, 5) is 0. The summed E-state index contributed by atoms with van der Waals surface area (Å²) in [6, 6.07) is 16.9. The molecule has 0 aliphatic rings. The Bertz CT molecular complexity index is 625. The van der Waals surface area contributed by atoms with Gasteiger partial charge < -0.3 is 20.4 Å². The standard InChI is InChI=1S/C19H22O4/c20-12-19(13-21,14-22)18(23)17-9-5-4-8-16(17)11-10-15-6-2-1-3-7-15/h1-11,18,20-23H,12-14H2. The average Bonchev–Trinajstić information content (AvgIpc) is 2.63. The van der Waals surface area contributed by atoms with Crippen LogP contribution in [-0.2, 0) is 0 Å². The summed E-state index contributed by atoms with van der Waals surface area (Å²) in [5, 5.41) is 39.1. The number of benzene rings is 2. The summed E-state index contributed by atoms with van der Waals surface area (Å²) in [6.45, 7) is -1.55. The molecule has 0 saturated carbocycles. The molecule has 2 rings (SSSR count). The highest BCUT2D eigenvalue weighted by Gasteiger charge is 2.38. The van der Waals surface area contributed by atoms with Gasteiger partial charge in [0, 0.05) is 0 Å². The number of aliphatic hydroxyl groups is 4. The minimum absolute atomic E-state index is 0.516. The van der Waals surface area contributed by atoms with Crippen molar-refractivity contribution in [1.29, 1.82) is 0 Å². The van der Waals surface area contributed by atoms with E-state index >= 15 is 0 Å². The zero-order chi connectivity index (χ0) is 16.7. The van der Waals surface area contributed by atoms with Crippen LogP contribution in [0.15, 0.2) is 54.6 Å². The largest absolute Gasteiger partial charge is 0.395 e. The van der Waals surface area contributed by atoms with Crippen molar-refractivity contribution in [3.05, 3.63) is 71.3 Å². The quantitative estimate of drug-likeness (QED) is 0.588. The summed E-state index contributed by atoms with van der Waals surface area (Å²) in [7, 11) is 0. The molecule has 1 unspecified atom stereocenters. The van der Waals surface area contributed by atoms with Crippen molar-refractivity contribution in [3.63, 3.8) is 0 Å². The van der Waals surface area contributed by atoms with Gasteiger partial charge in [-0.1, -0.05) is 66.7 Å². The highest BCUT2D eigenvalue weighted by atomic mass is 16.3. The fourth-order valence-corrected chi connectivity index (χ4v) is 2.40. The second-order valence-electron chi connectivity index (χ2n) is 5.61. The second-order valence-corrected chi connectivity index (χ2v) is 5.61. The maximum absolute atomic E-state index is 10.6. The summed E-state index contributed by atoms with van der Waals surface area (Å²) in [6.07, 6.45) is 2.61. The zero-order valence-corrected chi connectivity index (χ0v) is 12.8. The van der Waals surface area contributed by atoms with E-state index in [1.807, 2.05) is 54.6 Å². The van der Waals surface area contributed by atoms with Crippen LogP contribution < -0.4 is 0 Å². The van der Waals surface area contributed by atoms with E-state index < -0.39 is 31.3 Å². The fourth-order valence-electron chi connectivity index (χ4n) is 2.40. The maximum Gasteiger partial charge on any atom is 0.0918 e. The van der Waals surface area contributed by atoms with Crippen molar-refractivity contribution in [2.45, 2.75) is 6.10 Å². The monoisotopic (exact) mass is 314 g/mol. The van der Waals surface area contributed by atoms with Crippen LogP contribution in [0.3, 0.4) is 0 Å². The molecule has 0 bridgehead atoms. The molecular formula is C19H22O4. The number of rotatable bonds is 7. The molecule has 4 nitrogen and oxygen atoms in total. The predicted octanol–water partition coefficient (Wildman–Crippen LogP) is 1.85. The molecule has 0 aliphatic heterocycles. The van der Waals surface area contributed by atoms with Crippen molar-refractivity contribution in [2.24, 2.45) is 5.41 Å². The first-order chi connectivity index (χ1) is 11.2. The molecule has 0 heterocycles. The zero-order valence-electron chi connectivity index (χ0n) is 12.8. The third kappa shape index (κ3) is 3.86. The van der Waals surface area contributed by atoms with Crippen LogP contribution in [-0.4, -0.2) is 40.2 Å². The summed E-state index contributed by atoms with van der Waals surface area (Å²) in [5.41, 5.74) is 0.964. The van der Waals surface area contributed by atoms with E-state index in [1.54, 1.807) is 12.1 Å². The Morgan fingerprint density at radius 3 is 1.96 bits per heavy atom.